The highest BCUT2D eigenvalue weighted by Gasteiger charge is 2.34. The summed E-state index contributed by atoms with van der Waals surface area (Å²) < 4.78 is 26.4. The number of hydrogen-bond donors (Lipinski definition) is 18. The molecular formula is C57H91N15O22S3. The van der Waals surface area contributed by atoms with Crippen molar-refractivity contribution in [3.63, 3.8) is 0 Å². The largest absolute Gasteiger partial charge is 0.481 e. The number of carbonyl (C=O) groups excluding carboxylic acids is 14. The zero-order valence-electron chi connectivity index (χ0n) is 54.1. The van der Waals surface area contributed by atoms with Crippen LogP contribution < -0.4 is 80.7 Å². The fourth-order valence-corrected chi connectivity index (χ4v) is 9.52. The Morgan fingerprint density at radius 3 is 1.68 bits per heavy atom. The maximum Gasteiger partial charge on any atom is 0.431 e. The van der Waals surface area contributed by atoms with E-state index in [1.165, 1.54) is 0 Å². The lowest BCUT2D eigenvalue weighted by molar-refractivity contribution is -0.141. The van der Waals surface area contributed by atoms with E-state index in [2.05, 4.69) is 89.1 Å². The predicted molar refractivity (Wildman–Crippen MR) is 351 cm³/mol. The number of urea groups is 1. The number of benzene rings is 1. The lowest BCUT2D eigenvalue weighted by Crippen LogP contribution is -2.60. The van der Waals surface area contributed by atoms with E-state index >= 15 is 0 Å². The first-order valence-corrected chi connectivity index (χ1v) is 33.0. The highest BCUT2D eigenvalue weighted by Crippen LogP contribution is 2.11. The number of thiol groups is 2. The van der Waals surface area contributed by atoms with E-state index in [-0.39, 0.29) is 117 Å². The molecule has 544 valence electrons. The summed E-state index contributed by atoms with van der Waals surface area (Å²) in [5.74, 6) is -13.7. The maximum atomic E-state index is 14.5. The molecule has 0 radical (unpaired) electrons. The SMILES string of the molecule is CC(C)(C)OC(=O)NOCC(=O)NCCCC[C@@H]1NC(=O)CSC[C@@H](C(=O)NCCOCCOCCOCCNC(=O)COCC(N)=O)NC(=O)[C@H](Cc2ccccc2)NC(=O)[C@H](CS)NC(=O)[C@H](CC(=O)O)NC(=O)CNC(=O)[C@H](CCCNC(N)=O)NC(=O)[C@H](CS)NC1=O. The summed E-state index contributed by atoms with van der Waals surface area (Å²) in [7, 11) is 0. The van der Waals surface area contributed by atoms with Crippen LogP contribution in [0.15, 0.2) is 30.3 Å². The number of nitrogens with one attached hydrogen (secondary N) is 13. The first kappa shape index (κ1) is 84.8. The summed E-state index contributed by atoms with van der Waals surface area (Å²) in [5.41, 5.74) is 11.8. The molecule has 1 fully saturated rings. The maximum absolute atomic E-state index is 14.5. The second-order valence-corrected chi connectivity index (χ2v) is 23.8. The van der Waals surface area contributed by atoms with E-state index in [1.807, 2.05) is 5.48 Å². The fourth-order valence-electron chi connectivity index (χ4n) is 8.15. The molecule has 1 saturated heterocycles. The molecule has 37 nitrogen and oxygen atoms in total. The molecule has 1 aromatic rings. The second-order valence-electron chi connectivity index (χ2n) is 22.0. The third kappa shape index (κ3) is 40.1. The van der Waals surface area contributed by atoms with Crippen LogP contribution in [0.4, 0.5) is 9.59 Å². The lowest BCUT2D eigenvalue weighted by atomic mass is 10.0. The predicted octanol–water partition coefficient (Wildman–Crippen LogP) is -6.20. The van der Waals surface area contributed by atoms with Gasteiger partial charge in [-0.15, -0.1) is 11.8 Å². The molecule has 1 heterocycles. The molecule has 15 amide bonds. The molecule has 0 aromatic heterocycles. The summed E-state index contributed by atoms with van der Waals surface area (Å²) in [6, 6.07) is -3.44. The van der Waals surface area contributed by atoms with Crippen LogP contribution in [-0.2, 0) is 97.3 Å². The van der Waals surface area contributed by atoms with Gasteiger partial charge in [0.25, 0.3) is 0 Å². The van der Waals surface area contributed by atoms with E-state index in [0.29, 0.717) is 5.56 Å². The van der Waals surface area contributed by atoms with Crippen LogP contribution in [0.3, 0.4) is 0 Å². The number of aliphatic carboxylic acids is 1. The molecule has 0 saturated carbocycles. The number of amides is 15. The van der Waals surface area contributed by atoms with Gasteiger partial charge in [0.05, 0.1) is 58.4 Å². The number of unbranched alkanes of at least 4 members (excludes halogenated alkanes) is 1. The van der Waals surface area contributed by atoms with Crippen molar-refractivity contribution in [2.24, 2.45) is 11.5 Å². The third-order valence-corrected chi connectivity index (χ3v) is 14.5. The quantitative estimate of drug-likeness (QED) is 0.0171. The van der Waals surface area contributed by atoms with E-state index in [9.17, 15) is 77.0 Å². The average Bonchev–Trinajstić information content (AvgIpc) is 0.943. The number of carboxylic acid groups (broad SMARTS) is 1. The number of carboxylic acids is 1. The molecule has 2 rings (SSSR count). The van der Waals surface area contributed by atoms with E-state index < -0.39 is 180 Å². The number of hydroxylamine groups is 1. The van der Waals surface area contributed by atoms with Gasteiger partial charge in [0.15, 0.2) is 6.61 Å². The molecule has 0 unspecified atom stereocenters. The molecule has 1 aliphatic heterocycles. The molecule has 0 spiro atoms. The van der Waals surface area contributed by atoms with Crippen molar-refractivity contribution in [3.05, 3.63) is 35.9 Å². The third-order valence-electron chi connectivity index (χ3n) is 12.7. The van der Waals surface area contributed by atoms with Gasteiger partial charge in [-0.25, -0.2) is 9.59 Å². The molecule has 7 atom stereocenters. The van der Waals surface area contributed by atoms with Crippen molar-refractivity contribution in [2.45, 2.75) is 114 Å². The number of nitrogens with two attached hydrogens (primary N) is 2. The molecule has 0 bridgehead atoms. The standard InChI is InChI=1S/C57H91N15O22S3/c1-57(2,3)94-56(88)72-93-29-45(76)60-14-8-7-12-36-50(82)69-39(30-95)53(85)67-35(13-9-15-63-55(59)87)48(80)64-26-43(74)66-38(25-47(78)79)52(84)70-40(31-96)54(86)68-37(24-34-10-5-4-6-11-34)51(83)71-41(32-97-33-46(77)65-36)49(81)62-17-19-90-21-23-91-22-20-89-18-16-61-44(75)28-92-27-42(58)73/h4-6,10-11,35-41,95-96H,7-9,12-33H2,1-3H3,(H2,58,73)(H,60,76)(H,61,75)(H,62,81)(H,64,80)(H,65,77)(H,66,74)(H,67,85)(H,68,86)(H,69,82)(H,70,84)(H,71,83)(H,72,88)(H,78,79)(H3,59,63,87)/t35-,36-,37-,38-,39-,40-,41-/m0/s1. The minimum Gasteiger partial charge on any atom is -0.481 e. The Labute approximate surface area is 574 Å². The van der Waals surface area contributed by atoms with E-state index in [0.717, 1.165) is 11.8 Å². The first-order chi connectivity index (χ1) is 46.1. The van der Waals surface area contributed by atoms with Crippen molar-refractivity contribution in [1.82, 2.24) is 69.3 Å². The Balaban J connectivity index is 2.48. The van der Waals surface area contributed by atoms with Crippen molar-refractivity contribution in [1.29, 1.82) is 0 Å². The Kier molecular flexibility index (Phi) is 42.3. The summed E-state index contributed by atoms with van der Waals surface area (Å²) in [5, 5.41) is 39.5. The summed E-state index contributed by atoms with van der Waals surface area (Å²) in [6.45, 7) is 3.28. The van der Waals surface area contributed by atoms with Gasteiger partial charge < -0.3 is 104 Å². The second kappa shape index (κ2) is 48.4. The van der Waals surface area contributed by atoms with Crippen molar-refractivity contribution < 1.29 is 106 Å². The highest BCUT2D eigenvalue weighted by atomic mass is 32.2. The van der Waals surface area contributed by atoms with Crippen LogP contribution >= 0.6 is 37.0 Å². The van der Waals surface area contributed by atoms with Crippen LogP contribution in [-0.4, -0.2) is 257 Å². The van der Waals surface area contributed by atoms with E-state index in [1.54, 1.807) is 51.1 Å². The number of hydrogen-bond acceptors (Lipinski definition) is 24. The Morgan fingerprint density at radius 1 is 0.567 bits per heavy atom. The van der Waals surface area contributed by atoms with Gasteiger partial charge in [-0.05, 0) is 58.4 Å². The minimum absolute atomic E-state index is 0.0116. The van der Waals surface area contributed by atoms with Gasteiger partial charge in [-0.1, -0.05) is 30.3 Å². The average molecular weight is 1430 g/mol. The van der Waals surface area contributed by atoms with Gasteiger partial charge in [0.1, 0.15) is 61.1 Å². The van der Waals surface area contributed by atoms with Gasteiger partial charge in [0, 0.05) is 49.9 Å². The molecule has 1 aromatic carbocycles. The number of ether oxygens (including phenoxy) is 5. The molecule has 97 heavy (non-hydrogen) atoms. The highest BCUT2D eigenvalue weighted by molar-refractivity contribution is 8.00. The summed E-state index contributed by atoms with van der Waals surface area (Å²) >= 11 is 9.30. The van der Waals surface area contributed by atoms with Crippen LogP contribution in [0.2, 0.25) is 0 Å². The lowest BCUT2D eigenvalue weighted by Gasteiger charge is -2.26. The van der Waals surface area contributed by atoms with Crippen LogP contribution in [0.25, 0.3) is 0 Å². The van der Waals surface area contributed by atoms with Crippen molar-refractivity contribution >= 4 is 126 Å². The fraction of sp³-hybridized carbons (Fsp3) is 0.632. The molecular weight excluding hydrogens is 1340 g/mol. The number of primary amides is 2. The Bertz CT molecular complexity index is 2760. The topological polar surface area (TPSA) is 540 Å². The molecule has 40 heteroatoms. The number of thioether (sulfide) groups is 1. The summed E-state index contributed by atoms with van der Waals surface area (Å²) in [6.07, 6.45) is -2.12. The minimum atomic E-state index is -1.88. The zero-order chi connectivity index (χ0) is 72.1. The van der Waals surface area contributed by atoms with Gasteiger partial charge in [0.2, 0.25) is 70.9 Å². The molecule has 18 N–H and O–H groups in total. The smallest absolute Gasteiger partial charge is 0.431 e. The van der Waals surface area contributed by atoms with Gasteiger partial charge in [-0.2, -0.15) is 30.7 Å². The van der Waals surface area contributed by atoms with Crippen LogP contribution in [0.5, 0.6) is 0 Å². The Morgan fingerprint density at radius 2 is 1.08 bits per heavy atom. The monoisotopic (exact) mass is 1430 g/mol. The molecule has 0 aliphatic carbocycles. The van der Waals surface area contributed by atoms with Crippen LogP contribution in [0, 0.1) is 0 Å². The Hall–Kier alpha value is -8.28. The van der Waals surface area contributed by atoms with Crippen LogP contribution in [0.1, 0.15) is 64.9 Å². The van der Waals surface area contributed by atoms with Gasteiger partial charge >= 0.3 is 18.1 Å². The normalized spacial score (nSPS) is 19.8. The summed E-state index contributed by atoms with van der Waals surface area (Å²) in [4.78, 5) is 201. The number of rotatable bonds is 35. The van der Waals surface area contributed by atoms with Gasteiger partial charge in [-0.3, -0.25) is 67.2 Å². The number of carbonyl (C=O) groups is 15. The molecule has 1 aliphatic rings. The zero-order valence-corrected chi connectivity index (χ0v) is 56.7. The van der Waals surface area contributed by atoms with Crippen molar-refractivity contribution in [2.75, 3.05) is 115 Å². The van der Waals surface area contributed by atoms with E-state index in [4.69, 9.17) is 40.0 Å². The first-order valence-electron chi connectivity index (χ1n) is 30.6. The van der Waals surface area contributed by atoms with Crippen molar-refractivity contribution in [3.8, 4) is 0 Å².